The van der Waals surface area contributed by atoms with E-state index in [0.29, 0.717) is 23.9 Å². The molecule has 2 heterocycles. The highest BCUT2D eigenvalue weighted by molar-refractivity contribution is 9.10. The molecular formula is C19H16BrN3O2. The molecule has 4 rings (SSSR count). The van der Waals surface area contributed by atoms with Gasteiger partial charge in [-0.3, -0.25) is 0 Å². The third kappa shape index (κ3) is 2.93. The molecule has 3 aromatic rings. The van der Waals surface area contributed by atoms with Crippen LogP contribution in [0.15, 0.2) is 45.9 Å². The molecule has 0 radical (unpaired) electrons. The number of rotatable bonds is 4. The lowest BCUT2D eigenvalue weighted by molar-refractivity contribution is 0.286. The minimum absolute atomic E-state index is 0.450. The number of halogens is 1. The number of aliphatic imine (C=N–C) groups is 1. The number of pyridine rings is 1. The van der Waals surface area contributed by atoms with Gasteiger partial charge < -0.3 is 14.8 Å². The van der Waals surface area contributed by atoms with E-state index >= 15 is 0 Å². The summed E-state index contributed by atoms with van der Waals surface area (Å²) in [6.07, 6.45) is 1.65. The minimum atomic E-state index is 0.450. The predicted octanol–water partition coefficient (Wildman–Crippen LogP) is 4.98. The van der Waals surface area contributed by atoms with Gasteiger partial charge in [0.15, 0.2) is 17.3 Å². The molecule has 0 amide bonds. The Morgan fingerprint density at radius 2 is 2.08 bits per heavy atom. The summed E-state index contributed by atoms with van der Waals surface area (Å²) in [7, 11) is 1.65. The first kappa shape index (κ1) is 15.9. The number of anilines is 1. The summed E-state index contributed by atoms with van der Waals surface area (Å²) in [5.41, 5.74) is 2.87. The van der Waals surface area contributed by atoms with Gasteiger partial charge in [-0.15, -0.1) is 0 Å². The Balaban J connectivity index is 1.79. The normalized spacial score (nSPS) is 12.1. The van der Waals surface area contributed by atoms with Crippen molar-refractivity contribution in [3.63, 3.8) is 0 Å². The number of ether oxygens (including phenoxy) is 2. The van der Waals surface area contributed by atoms with Crippen LogP contribution in [0.1, 0.15) is 11.3 Å². The average Bonchev–Trinajstić information content (AvgIpc) is 2.60. The van der Waals surface area contributed by atoms with E-state index in [9.17, 15) is 0 Å². The van der Waals surface area contributed by atoms with Crippen molar-refractivity contribution in [2.75, 3.05) is 12.4 Å². The number of hydrogen-bond donors (Lipinski definition) is 1. The van der Waals surface area contributed by atoms with Gasteiger partial charge in [0, 0.05) is 21.6 Å². The van der Waals surface area contributed by atoms with Crippen LogP contribution in [-0.2, 0) is 6.61 Å². The van der Waals surface area contributed by atoms with Crippen LogP contribution >= 0.6 is 15.9 Å². The standard InChI is InChI=1S/C19H16BrN3O2/c1-11-6-14-17-15(21-10-22-19(17)23-11)8-16(18(14)24-2)25-9-12-4-3-5-13(20)7-12/h3-8,10H,9H2,1-2H3,(H,21,22,23). The molecule has 1 aliphatic heterocycles. The van der Waals surface area contributed by atoms with Crippen LogP contribution in [0.25, 0.3) is 10.8 Å². The molecule has 0 aliphatic carbocycles. The van der Waals surface area contributed by atoms with E-state index < -0.39 is 0 Å². The largest absolute Gasteiger partial charge is 0.492 e. The zero-order chi connectivity index (χ0) is 17.4. The van der Waals surface area contributed by atoms with Gasteiger partial charge in [-0.05, 0) is 30.7 Å². The van der Waals surface area contributed by atoms with E-state index in [1.807, 2.05) is 43.3 Å². The monoisotopic (exact) mass is 397 g/mol. The first-order valence-corrected chi connectivity index (χ1v) is 8.63. The maximum Gasteiger partial charge on any atom is 0.168 e. The minimum Gasteiger partial charge on any atom is -0.492 e. The maximum atomic E-state index is 6.07. The molecule has 1 aromatic heterocycles. The Hall–Kier alpha value is -2.60. The van der Waals surface area contributed by atoms with E-state index in [2.05, 4.69) is 31.2 Å². The van der Waals surface area contributed by atoms with Crippen LogP contribution in [-0.4, -0.2) is 18.4 Å². The van der Waals surface area contributed by atoms with Crippen molar-refractivity contribution in [2.24, 2.45) is 4.99 Å². The second kappa shape index (κ2) is 6.37. The van der Waals surface area contributed by atoms with Crippen molar-refractivity contribution in [3.8, 4) is 11.5 Å². The fourth-order valence-corrected chi connectivity index (χ4v) is 3.43. The van der Waals surface area contributed by atoms with Crippen molar-refractivity contribution >= 4 is 44.5 Å². The van der Waals surface area contributed by atoms with Gasteiger partial charge >= 0.3 is 0 Å². The molecule has 5 nitrogen and oxygen atoms in total. The van der Waals surface area contributed by atoms with Gasteiger partial charge in [0.05, 0.1) is 24.5 Å². The molecule has 0 unspecified atom stereocenters. The molecule has 0 bridgehead atoms. The highest BCUT2D eigenvalue weighted by Gasteiger charge is 2.19. The lowest BCUT2D eigenvalue weighted by Crippen LogP contribution is -2.05. The highest BCUT2D eigenvalue weighted by Crippen LogP contribution is 2.45. The topological polar surface area (TPSA) is 55.7 Å². The molecule has 0 saturated carbocycles. The summed E-state index contributed by atoms with van der Waals surface area (Å²) in [5, 5.41) is 5.06. The van der Waals surface area contributed by atoms with Crippen LogP contribution in [0.3, 0.4) is 0 Å². The molecule has 6 heteroatoms. The molecule has 1 aliphatic rings. The molecule has 0 saturated heterocycles. The third-order valence-corrected chi connectivity index (χ3v) is 4.53. The molecule has 0 atom stereocenters. The van der Waals surface area contributed by atoms with Gasteiger partial charge in [-0.25, -0.2) is 9.98 Å². The number of aryl methyl sites for hydroxylation is 1. The van der Waals surface area contributed by atoms with Crippen molar-refractivity contribution in [1.82, 2.24) is 4.98 Å². The second-order valence-electron chi connectivity index (χ2n) is 5.79. The Labute approximate surface area is 153 Å². The fourth-order valence-electron chi connectivity index (χ4n) is 2.98. The van der Waals surface area contributed by atoms with Crippen LogP contribution < -0.4 is 14.8 Å². The zero-order valence-corrected chi connectivity index (χ0v) is 15.4. The first-order valence-electron chi connectivity index (χ1n) is 7.84. The maximum absolute atomic E-state index is 6.07. The molecule has 1 N–H and O–H groups in total. The summed E-state index contributed by atoms with van der Waals surface area (Å²) in [5.74, 6) is 2.07. The highest BCUT2D eigenvalue weighted by atomic mass is 79.9. The summed E-state index contributed by atoms with van der Waals surface area (Å²) in [6, 6.07) is 12.0. The first-order chi connectivity index (χ1) is 12.2. The third-order valence-electron chi connectivity index (χ3n) is 4.04. The average molecular weight is 398 g/mol. The summed E-state index contributed by atoms with van der Waals surface area (Å²) in [4.78, 5) is 8.83. The van der Waals surface area contributed by atoms with E-state index in [0.717, 1.165) is 32.2 Å². The number of nitrogens with zero attached hydrogens (tertiary/aromatic N) is 2. The quantitative estimate of drug-likeness (QED) is 0.674. The summed E-state index contributed by atoms with van der Waals surface area (Å²) < 4.78 is 12.8. The van der Waals surface area contributed by atoms with Gasteiger partial charge in [-0.1, -0.05) is 28.1 Å². The van der Waals surface area contributed by atoms with E-state index in [1.54, 1.807) is 13.4 Å². The lowest BCUT2D eigenvalue weighted by atomic mass is 10.1. The van der Waals surface area contributed by atoms with Crippen LogP contribution in [0, 0.1) is 6.92 Å². The number of benzene rings is 2. The van der Waals surface area contributed by atoms with E-state index in [4.69, 9.17) is 9.47 Å². The van der Waals surface area contributed by atoms with E-state index in [-0.39, 0.29) is 0 Å². The smallest absolute Gasteiger partial charge is 0.168 e. The number of hydrogen-bond acceptors (Lipinski definition) is 5. The molecule has 25 heavy (non-hydrogen) atoms. The summed E-state index contributed by atoms with van der Waals surface area (Å²) in [6.45, 7) is 2.40. The van der Waals surface area contributed by atoms with E-state index in [1.165, 1.54) is 0 Å². The number of methoxy groups -OCH3 is 1. The SMILES string of the molecule is COc1c(OCc2cccc(Br)c2)cc2c3c(nc(C)cc13)N=CN2. The molecule has 0 fully saturated rings. The van der Waals surface area contributed by atoms with Gasteiger partial charge in [0.25, 0.3) is 0 Å². The van der Waals surface area contributed by atoms with Crippen LogP contribution in [0.4, 0.5) is 11.5 Å². The van der Waals surface area contributed by atoms with Crippen molar-refractivity contribution in [2.45, 2.75) is 13.5 Å². The molecule has 2 aromatic carbocycles. The number of aromatic nitrogens is 1. The lowest BCUT2D eigenvalue weighted by Gasteiger charge is -2.19. The molecule has 126 valence electrons. The predicted molar refractivity (Wildman–Crippen MR) is 103 cm³/mol. The fraction of sp³-hybridized carbons (Fsp3) is 0.158. The zero-order valence-electron chi connectivity index (χ0n) is 13.8. The van der Waals surface area contributed by atoms with Crippen molar-refractivity contribution < 1.29 is 9.47 Å². The van der Waals surface area contributed by atoms with Crippen LogP contribution in [0.5, 0.6) is 11.5 Å². The Kier molecular flexibility index (Phi) is 4.05. The van der Waals surface area contributed by atoms with Crippen molar-refractivity contribution in [1.29, 1.82) is 0 Å². The Bertz CT molecular complexity index is 1000. The molecular weight excluding hydrogens is 382 g/mol. The van der Waals surface area contributed by atoms with Gasteiger partial charge in [0.2, 0.25) is 0 Å². The molecule has 0 spiro atoms. The second-order valence-corrected chi connectivity index (χ2v) is 6.70. The van der Waals surface area contributed by atoms with Gasteiger partial charge in [0.1, 0.15) is 6.61 Å². The van der Waals surface area contributed by atoms with Crippen LogP contribution in [0.2, 0.25) is 0 Å². The Morgan fingerprint density at radius 1 is 1.20 bits per heavy atom. The van der Waals surface area contributed by atoms with Gasteiger partial charge in [-0.2, -0.15) is 0 Å². The summed E-state index contributed by atoms with van der Waals surface area (Å²) >= 11 is 3.48. The Morgan fingerprint density at radius 3 is 2.88 bits per heavy atom. The number of nitrogens with one attached hydrogen (secondary N) is 1. The van der Waals surface area contributed by atoms with Crippen molar-refractivity contribution in [3.05, 3.63) is 52.1 Å².